The standard InChI is InChI=1S/C18H25NO3/c20-16-8-3-5-14(13-16)10-11-18(22)19-12-4-7-15-6-1-2-9-17(15)21/h3,5,8,10-11,13,15,17,20-21H,1-2,4,6-7,9,12H2,(H,19,22). The van der Waals surface area contributed by atoms with Crippen molar-refractivity contribution in [3.05, 3.63) is 35.9 Å². The van der Waals surface area contributed by atoms with Crippen LogP contribution in [0.4, 0.5) is 0 Å². The first-order valence-corrected chi connectivity index (χ1v) is 8.08. The lowest BCUT2D eigenvalue weighted by Gasteiger charge is -2.27. The number of hydrogen-bond donors (Lipinski definition) is 3. The molecule has 0 bridgehead atoms. The fourth-order valence-electron chi connectivity index (χ4n) is 2.96. The van der Waals surface area contributed by atoms with Crippen molar-refractivity contribution < 1.29 is 15.0 Å². The van der Waals surface area contributed by atoms with E-state index in [1.165, 1.54) is 12.5 Å². The number of phenolic OH excluding ortho intramolecular Hbond substituents is 1. The van der Waals surface area contributed by atoms with Crippen LogP contribution in [0.3, 0.4) is 0 Å². The van der Waals surface area contributed by atoms with E-state index < -0.39 is 0 Å². The van der Waals surface area contributed by atoms with Crippen molar-refractivity contribution in [2.45, 2.75) is 44.6 Å². The van der Waals surface area contributed by atoms with Gasteiger partial charge in [-0.1, -0.05) is 25.0 Å². The minimum atomic E-state index is -0.157. The smallest absolute Gasteiger partial charge is 0.243 e. The quantitative estimate of drug-likeness (QED) is 0.559. The fraction of sp³-hybridized carbons (Fsp3) is 0.500. The second-order valence-electron chi connectivity index (χ2n) is 5.97. The second-order valence-corrected chi connectivity index (χ2v) is 5.97. The first-order chi connectivity index (χ1) is 10.6. The monoisotopic (exact) mass is 303 g/mol. The summed E-state index contributed by atoms with van der Waals surface area (Å²) in [6.07, 6.45) is 9.23. The summed E-state index contributed by atoms with van der Waals surface area (Å²) in [6.45, 7) is 0.631. The van der Waals surface area contributed by atoms with Gasteiger partial charge in [0.05, 0.1) is 6.10 Å². The number of carbonyl (C=O) groups is 1. The molecule has 2 rings (SSSR count). The number of aliphatic hydroxyl groups excluding tert-OH is 1. The zero-order valence-electron chi connectivity index (χ0n) is 12.9. The zero-order chi connectivity index (χ0) is 15.8. The Bertz CT molecular complexity index is 513. The molecule has 1 fully saturated rings. The lowest BCUT2D eigenvalue weighted by molar-refractivity contribution is -0.116. The van der Waals surface area contributed by atoms with Crippen molar-refractivity contribution in [2.24, 2.45) is 5.92 Å². The Morgan fingerprint density at radius 2 is 2.14 bits per heavy atom. The molecule has 120 valence electrons. The van der Waals surface area contributed by atoms with Crippen LogP contribution in [0, 0.1) is 5.92 Å². The molecule has 2 unspecified atom stereocenters. The predicted molar refractivity (Wildman–Crippen MR) is 87.3 cm³/mol. The Morgan fingerprint density at radius 3 is 2.91 bits per heavy atom. The van der Waals surface area contributed by atoms with E-state index in [1.54, 1.807) is 24.3 Å². The van der Waals surface area contributed by atoms with Crippen LogP contribution in [0.2, 0.25) is 0 Å². The minimum Gasteiger partial charge on any atom is -0.508 e. The first kappa shape index (κ1) is 16.6. The van der Waals surface area contributed by atoms with E-state index in [4.69, 9.17) is 0 Å². The number of nitrogens with one attached hydrogen (secondary N) is 1. The van der Waals surface area contributed by atoms with Crippen LogP contribution in [-0.2, 0) is 4.79 Å². The molecule has 1 amide bonds. The summed E-state index contributed by atoms with van der Waals surface area (Å²) in [5.41, 5.74) is 0.792. The van der Waals surface area contributed by atoms with Crippen molar-refractivity contribution >= 4 is 12.0 Å². The van der Waals surface area contributed by atoms with Crippen molar-refractivity contribution in [3.63, 3.8) is 0 Å². The third kappa shape index (κ3) is 5.53. The van der Waals surface area contributed by atoms with E-state index in [9.17, 15) is 15.0 Å². The highest BCUT2D eigenvalue weighted by Gasteiger charge is 2.22. The van der Waals surface area contributed by atoms with Crippen LogP contribution >= 0.6 is 0 Å². The normalized spacial score (nSPS) is 21.9. The SMILES string of the molecule is O=C(C=Cc1cccc(O)c1)NCCCC1CCCCC1O. The van der Waals surface area contributed by atoms with E-state index >= 15 is 0 Å². The summed E-state index contributed by atoms with van der Waals surface area (Å²) >= 11 is 0. The van der Waals surface area contributed by atoms with Crippen molar-refractivity contribution in [2.75, 3.05) is 6.54 Å². The maximum Gasteiger partial charge on any atom is 0.243 e. The van der Waals surface area contributed by atoms with E-state index in [0.29, 0.717) is 12.5 Å². The molecule has 3 N–H and O–H groups in total. The molecular weight excluding hydrogens is 278 g/mol. The van der Waals surface area contributed by atoms with Gasteiger partial charge in [0, 0.05) is 12.6 Å². The Hall–Kier alpha value is -1.81. The molecule has 0 saturated heterocycles. The van der Waals surface area contributed by atoms with Gasteiger partial charge in [0.25, 0.3) is 0 Å². The largest absolute Gasteiger partial charge is 0.508 e. The third-order valence-corrected chi connectivity index (χ3v) is 4.22. The molecule has 22 heavy (non-hydrogen) atoms. The number of aliphatic hydroxyl groups is 1. The van der Waals surface area contributed by atoms with Gasteiger partial charge in [0.2, 0.25) is 5.91 Å². The molecule has 1 aromatic rings. The molecule has 4 nitrogen and oxygen atoms in total. The Morgan fingerprint density at radius 1 is 1.32 bits per heavy atom. The van der Waals surface area contributed by atoms with E-state index in [0.717, 1.165) is 37.7 Å². The van der Waals surface area contributed by atoms with Gasteiger partial charge in [-0.2, -0.15) is 0 Å². The summed E-state index contributed by atoms with van der Waals surface area (Å²) < 4.78 is 0. The van der Waals surface area contributed by atoms with Crippen LogP contribution in [0.15, 0.2) is 30.3 Å². The summed E-state index contributed by atoms with van der Waals surface area (Å²) in [4.78, 5) is 11.7. The van der Waals surface area contributed by atoms with Crippen molar-refractivity contribution in [1.82, 2.24) is 5.32 Å². The minimum absolute atomic E-state index is 0.132. The van der Waals surface area contributed by atoms with Crippen molar-refractivity contribution in [3.8, 4) is 5.75 Å². The highest BCUT2D eigenvalue weighted by Crippen LogP contribution is 2.27. The molecule has 2 atom stereocenters. The average molecular weight is 303 g/mol. The van der Waals surface area contributed by atoms with Gasteiger partial charge >= 0.3 is 0 Å². The van der Waals surface area contributed by atoms with Crippen molar-refractivity contribution in [1.29, 1.82) is 0 Å². The van der Waals surface area contributed by atoms with Gasteiger partial charge in [-0.3, -0.25) is 4.79 Å². The molecule has 0 aromatic heterocycles. The summed E-state index contributed by atoms with van der Waals surface area (Å²) in [7, 11) is 0. The van der Waals surface area contributed by atoms with Gasteiger partial charge < -0.3 is 15.5 Å². The number of aromatic hydroxyl groups is 1. The van der Waals surface area contributed by atoms with Crippen LogP contribution in [-0.4, -0.2) is 28.8 Å². The number of carbonyl (C=O) groups excluding carboxylic acids is 1. The molecule has 4 heteroatoms. The molecule has 1 aliphatic carbocycles. The maximum atomic E-state index is 11.7. The Balaban J connectivity index is 1.65. The average Bonchev–Trinajstić information content (AvgIpc) is 2.51. The predicted octanol–water partition coefficient (Wildman–Crippen LogP) is 2.85. The van der Waals surface area contributed by atoms with Gasteiger partial charge in [-0.25, -0.2) is 0 Å². The molecule has 0 heterocycles. The summed E-state index contributed by atoms with van der Waals surface area (Å²) in [5, 5.41) is 22.1. The number of benzene rings is 1. The second kappa shape index (κ2) is 8.59. The van der Waals surface area contributed by atoms with Crippen LogP contribution in [0.25, 0.3) is 6.08 Å². The Kier molecular flexibility index (Phi) is 6.46. The van der Waals surface area contributed by atoms with E-state index in [2.05, 4.69) is 5.32 Å². The third-order valence-electron chi connectivity index (χ3n) is 4.22. The fourth-order valence-corrected chi connectivity index (χ4v) is 2.96. The maximum absolute atomic E-state index is 11.7. The zero-order valence-corrected chi connectivity index (χ0v) is 12.9. The molecule has 1 aliphatic rings. The lowest BCUT2D eigenvalue weighted by Crippen LogP contribution is -2.27. The Labute approximate surface area is 131 Å². The molecular formula is C18H25NO3. The molecule has 1 saturated carbocycles. The first-order valence-electron chi connectivity index (χ1n) is 8.08. The van der Waals surface area contributed by atoms with Gasteiger partial charge in [0.1, 0.15) is 5.75 Å². The summed E-state index contributed by atoms with van der Waals surface area (Å²) in [5.74, 6) is 0.453. The molecule has 0 aliphatic heterocycles. The molecule has 0 spiro atoms. The van der Waals surface area contributed by atoms with E-state index in [-0.39, 0.29) is 17.8 Å². The number of amides is 1. The molecule has 1 aromatic carbocycles. The molecule has 0 radical (unpaired) electrons. The number of phenols is 1. The highest BCUT2D eigenvalue weighted by atomic mass is 16.3. The van der Waals surface area contributed by atoms with Gasteiger partial charge in [-0.15, -0.1) is 0 Å². The van der Waals surface area contributed by atoms with E-state index in [1.807, 2.05) is 6.07 Å². The summed E-state index contributed by atoms with van der Waals surface area (Å²) in [6, 6.07) is 6.77. The topological polar surface area (TPSA) is 69.6 Å². The van der Waals surface area contributed by atoms with Crippen LogP contribution < -0.4 is 5.32 Å². The lowest BCUT2D eigenvalue weighted by atomic mass is 9.83. The van der Waals surface area contributed by atoms with Gasteiger partial charge in [-0.05, 0) is 55.4 Å². The number of hydrogen-bond acceptors (Lipinski definition) is 3. The van der Waals surface area contributed by atoms with Gasteiger partial charge in [0.15, 0.2) is 0 Å². The van der Waals surface area contributed by atoms with Crippen LogP contribution in [0.5, 0.6) is 5.75 Å². The highest BCUT2D eigenvalue weighted by molar-refractivity contribution is 5.91. The van der Waals surface area contributed by atoms with Crippen LogP contribution in [0.1, 0.15) is 44.1 Å². The number of rotatable bonds is 6.